The number of carbonyl (C=O) groups is 1. The van der Waals surface area contributed by atoms with E-state index in [1.165, 1.54) is 24.8 Å². The molecule has 2 aromatic rings. The zero-order valence-corrected chi connectivity index (χ0v) is 12.6. The summed E-state index contributed by atoms with van der Waals surface area (Å²) in [7, 11) is 0. The molecular formula is C16H20N2OS. The number of nitrogens with one attached hydrogen (secondary N) is 1. The van der Waals surface area contributed by atoms with Crippen LogP contribution < -0.4 is 5.32 Å². The number of hydrogen-bond acceptors (Lipinski definition) is 3. The van der Waals surface area contributed by atoms with Gasteiger partial charge in [-0.25, -0.2) is 4.98 Å². The predicted molar refractivity (Wildman–Crippen MR) is 84.2 cm³/mol. The number of aryl methyl sites for hydroxylation is 1. The molecule has 0 spiro atoms. The second kappa shape index (κ2) is 5.92. The van der Waals surface area contributed by atoms with Crippen molar-refractivity contribution in [3.05, 3.63) is 23.8 Å². The van der Waals surface area contributed by atoms with E-state index in [4.69, 9.17) is 0 Å². The highest BCUT2D eigenvalue weighted by Gasteiger charge is 2.21. The fourth-order valence-electron chi connectivity index (χ4n) is 2.81. The molecule has 4 heteroatoms. The molecule has 1 saturated carbocycles. The average molecular weight is 288 g/mol. The Labute approximate surface area is 123 Å². The molecule has 1 amide bonds. The van der Waals surface area contributed by atoms with Crippen molar-refractivity contribution in [2.24, 2.45) is 5.92 Å². The van der Waals surface area contributed by atoms with Crippen LogP contribution >= 0.6 is 11.3 Å². The number of benzene rings is 1. The van der Waals surface area contributed by atoms with Crippen molar-refractivity contribution in [3.8, 4) is 0 Å². The van der Waals surface area contributed by atoms with E-state index >= 15 is 0 Å². The number of hydrogen-bond donors (Lipinski definition) is 1. The van der Waals surface area contributed by atoms with E-state index in [-0.39, 0.29) is 11.8 Å². The lowest BCUT2D eigenvalue weighted by Crippen LogP contribution is -2.24. The van der Waals surface area contributed by atoms with Crippen molar-refractivity contribution in [3.63, 3.8) is 0 Å². The van der Waals surface area contributed by atoms with Crippen molar-refractivity contribution in [2.75, 3.05) is 5.32 Å². The summed E-state index contributed by atoms with van der Waals surface area (Å²) < 4.78 is 1.16. The number of aromatic nitrogens is 1. The fourth-order valence-corrected chi connectivity index (χ4v) is 3.75. The van der Waals surface area contributed by atoms with Crippen molar-refractivity contribution in [1.29, 1.82) is 0 Å². The number of rotatable bonds is 3. The summed E-state index contributed by atoms with van der Waals surface area (Å²) in [6.45, 7) is 2.15. The van der Waals surface area contributed by atoms with E-state index < -0.39 is 0 Å². The van der Waals surface area contributed by atoms with Gasteiger partial charge in [0.15, 0.2) is 5.13 Å². The topological polar surface area (TPSA) is 42.0 Å². The second-order valence-electron chi connectivity index (χ2n) is 5.50. The van der Waals surface area contributed by atoms with Crippen LogP contribution in [0.2, 0.25) is 0 Å². The molecular weight excluding hydrogens is 268 g/mol. The zero-order valence-electron chi connectivity index (χ0n) is 11.8. The van der Waals surface area contributed by atoms with E-state index in [0.29, 0.717) is 0 Å². The molecule has 1 heterocycles. The summed E-state index contributed by atoms with van der Waals surface area (Å²) in [6, 6.07) is 6.32. The van der Waals surface area contributed by atoms with E-state index in [1.54, 1.807) is 11.3 Å². The lowest BCUT2D eigenvalue weighted by Gasteiger charge is -2.19. The van der Waals surface area contributed by atoms with Crippen LogP contribution in [0.15, 0.2) is 18.2 Å². The van der Waals surface area contributed by atoms with E-state index in [2.05, 4.69) is 29.4 Å². The Morgan fingerprint density at radius 1 is 1.35 bits per heavy atom. The van der Waals surface area contributed by atoms with Gasteiger partial charge in [-0.05, 0) is 37.0 Å². The highest BCUT2D eigenvalue weighted by molar-refractivity contribution is 7.22. The number of anilines is 1. The smallest absolute Gasteiger partial charge is 0.229 e. The maximum absolute atomic E-state index is 12.2. The Hall–Kier alpha value is -1.42. The van der Waals surface area contributed by atoms with Crippen molar-refractivity contribution in [2.45, 2.75) is 45.4 Å². The molecule has 0 saturated heterocycles. The molecule has 20 heavy (non-hydrogen) atoms. The molecule has 0 bridgehead atoms. The third-order valence-corrected chi connectivity index (χ3v) is 5.00. The van der Waals surface area contributed by atoms with Crippen LogP contribution in [0.4, 0.5) is 5.13 Å². The van der Waals surface area contributed by atoms with Gasteiger partial charge in [0.05, 0.1) is 10.2 Å². The van der Waals surface area contributed by atoms with Crippen LogP contribution in [-0.4, -0.2) is 10.9 Å². The summed E-state index contributed by atoms with van der Waals surface area (Å²) in [4.78, 5) is 16.7. The maximum Gasteiger partial charge on any atom is 0.229 e. The minimum atomic E-state index is 0.152. The normalized spacial score (nSPS) is 16.4. The Balaban J connectivity index is 1.75. The first-order valence-corrected chi connectivity index (χ1v) is 8.28. The number of carbonyl (C=O) groups excluding carboxylic acids is 1. The van der Waals surface area contributed by atoms with E-state index in [0.717, 1.165) is 34.6 Å². The standard InChI is InChI=1S/C16H20N2OS/c1-2-11-8-9-13-14(10-11)20-16(17-13)18-15(19)12-6-4-3-5-7-12/h8-10,12H,2-7H2,1H3,(H,17,18,19). The van der Waals surface area contributed by atoms with Gasteiger partial charge >= 0.3 is 0 Å². The number of thiazole rings is 1. The molecule has 1 aliphatic carbocycles. The minimum absolute atomic E-state index is 0.152. The van der Waals surface area contributed by atoms with Gasteiger partial charge in [0.25, 0.3) is 0 Å². The lowest BCUT2D eigenvalue weighted by molar-refractivity contribution is -0.120. The van der Waals surface area contributed by atoms with Crippen molar-refractivity contribution in [1.82, 2.24) is 4.98 Å². The maximum atomic E-state index is 12.2. The monoisotopic (exact) mass is 288 g/mol. The molecule has 1 aromatic carbocycles. The molecule has 1 N–H and O–H groups in total. The lowest BCUT2D eigenvalue weighted by atomic mass is 9.89. The van der Waals surface area contributed by atoms with Crippen LogP contribution in [0.25, 0.3) is 10.2 Å². The molecule has 106 valence electrons. The van der Waals surface area contributed by atoms with Crippen LogP contribution in [0, 0.1) is 5.92 Å². The van der Waals surface area contributed by atoms with E-state index in [9.17, 15) is 4.79 Å². The van der Waals surface area contributed by atoms with Crippen molar-refractivity contribution >= 4 is 32.6 Å². The van der Waals surface area contributed by atoms with Gasteiger partial charge in [0.2, 0.25) is 5.91 Å². The number of amides is 1. The highest BCUT2D eigenvalue weighted by atomic mass is 32.1. The first-order chi connectivity index (χ1) is 9.76. The minimum Gasteiger partial charge on any atom is -0.302 e. The Bertz CT molecular complexity index is 614. The molecule has 1 aromatic heterocycles. The summed E-state index contributed by atoms with van der Waals surface area (Å²) >= 11 is 1.58. The Kier molecular flexibility index (Phi) is 4.01. The van der Waals surface area contributed by atoms with Crippen LogP contribution in [-0.2, 0) is 11.2 Å². The van der Waals surface area contributed by atoms with Gasteiger partial charge in [-0.2, -0.15) is 0 Å². The SMILES string of the molecule is CCc1ccc2nc(NC(=O)C3CCCCC3)sc2c1. The molecule has 0 atom stereocenters. The van der Waals surface area contributed by atoms with Gasteiger partial charge in [-0.15, -0.1) is 0 Å². The van der Waals surface area contributed by atoms with Gasteiger partial charge in [0.1, 0.15) is 0 Å². The summed E-state index contributed by atoms with van der Waals surface area (Å²) in [6.07, 6.45) is 6.70. The number of fused-ring (bicyclic) bond motifs is 1. The van der Waals surface area contributed by atoms with Crippen LogP contribution in [0.1, 0.15) is 44.6 Å². The molecule has 0 aliphatic heterocycles. The summed E-state index contributed by atoms with van der Waals surface area (Å²) in [5.74, 6) is 0.335. The van der Waals surface area contributed by atoms with Gasteiger partial charge in [0, 0.05) is 5.92 Å². The third-order valence-electron chi connectivity index (χ3n) is 4.07. The van der Waals surface area contributed by atoms with Gasteiger partial charge < -0.3 is 5.32 Å². The molecule has 3 rings (SSSR count). The van der Waals surface area contributed by atoms with Crippen LogP contribution in [0.3, 0.4) is 0 Å². The molecule has 1 fully saturated rings. The Morgan fingerprint density at radius 3 is 2.90 bits per heavy atom. The second-order valence-corrected chi connectivity index (χ2v) is 6.53. The average Bonchev–Trinajstić information content (AvgIpc) is 2.89. The number of nitrogens with zero attached hydrogens (tertiary/aromatic N) is 1. The van der Waals surface area contributed by atoms with Crippen LogP contribution in [0.5, 0.6) is 0 Å². The summed E-state index contributed by atoms with van der Waals surface area (Å²) in [5.41, 5.74) is 2.29. The third kappa shape index (κ3) is 2.85. The predicted octanol–water partition coefficient (Wildman–Crippen LogP) is 4.38. The Morgan fingerprint density at radius 2 is 2.15 bits per heavy atom. The molecule has 1 aliphatic rings. The van der Waals surface area contributed by atoms with Gasteiger partial charge in [-0.1, -0.05) is 43.6 Å². The first-order valence-electron chi connectivity index (χ1n) is 7.46. The fraction of sp³-hybridized carbons (Fsp3) is 0.500. The van der Waals surface area contributed by atoms with Gasteiger partial charge in [-0.3, -0.25) is 4.79 Å². The van der Waals surface area contributed by atoms with E-state index in [1.807, 2.05) is 6.07 Å². The zero-order chi connectivity index (χ0) is 13.9. The van der Waals surface area contributed by atoms with Crippen molar-refractivity contribution < 1.29 is 4.79 Å². The summed E-state index contributed by atoms with van der Waals surface area (Å²) in [5, 5.41) is 3.75. The molecule has 0 radical (unpaired) electrons. The molecule has 3 nitrogen and oxygen atoms in total. The quantitative estimate of drug-likeness (QED) is 0.910. The molecule has 0 unspecified atom stereocenters. The first kappa shape index (κ1) is 13.6. The largest absolute Gasteiger partial charge is 0.302 e. The highest BCUT2D eigenvalue weighted by Crippen LogP contribution is 2.29.